The van der Waals surface area contributed by atoms with Crippen molar-refractivity contribution in [1.29, 1.82) is 0 Å². The second kappa shape index (κ2) is 14.5. The van der Waals surface area contributed by atoms with Gasteiger partial charge in [0.05, 0.1) is 19.8 Å². The highest BCUT2D eigenvalue weighted by molar-refractivity contribution is 14.0. The fourth-order valence-electron chi connectivity index (χ4n) is 3.08. The van der Waals surface area contributed by atoms with E-state index in [4.69, 9.17) is 9.47 Å². The number of ether oxygens (including phenoxy) is 2. The van der Waals surface area contributed by atoms with Crippen LogP contribution in [0, 0.1) is 0 Å². The van der Waals surface area contributed by atoms with Crippen LogP contribution in [0.2, 0.25) is 0 Å². The largest absolute Gasteiger partial charge is 0.493 e. The highest BCUT2D eigenvalue weighted by atomic mass is 127. The first-order valence-electron chi connectivity index (χ1n) is 10.0. The van der Waals surface area contributed by atoms with Gasteiger partial charge >= 0.3 is 0 Å². The molecule has 0 saturated carbocycles. The summed E-state index contributed by atoms with van der Waals surface area (Å²) in [4.78, 5) is 7.93. The van der Waals surface area contributed by atoms with Crippen LogP contribution in [0.15, 0.2) is 40.7 Å². The standard InChI is InChI=1S/C22H34N4O2S.HI/c1-6-28-20-15-17(11-12-19(20)27-5)9-7-13-24-22(23-2)25-16-18(26(3)4)21-10-8-14-29-21;/h8,10-12,14-15,18H,6-7,9,13,16H2,1-5H3,(H2,23,24,25);1H. The number of nitrogens with zero attached hydrogens (tertiary/aromatic N) is 2. The summed E-state index contributed by atoms with van der Waals surface area (Å²) in [5.74, 6) is 2.42. The van der Waals surface area contributed by atoms with Crippen LogP contribution in [-0.4, -0.2) is 58.8 Å². The zero-order chi connectivity index (χ0) is 21.1. The third-order valence-corrected chi connectivity index (χ3v) is 5.62. The van der Waals surface area contributed by atoms with E-state index in [0.29, 0.717) is 12.6 Å². The lowest BCUT2D eigenvalue weighted by Crippen LogP contribution is -2.42. The SMILES string of the molecule is CCOc1cc(CCCNC(=NC)NCC(c2cccs2)N(C)C)ccc1OC.I. The molecule has 2 aromatic rings. The molecule has 168 valence electrons. The molecule has 0 saturated heterocycles. The topological polar surface area (TPSA) is 58.1 Å². The van der Waals surface area contributed by atoms with Gasteiger partial charge in [-0.25, -0.2) is 0 Å². The van der Waals surface area contributed by atoms with E-state index < -0.39 is 0 Å². The summed E-state index contributed by atoms with van der Waals surface area (Å²) >= 11 is 1.78. The third-order valence-electron chi connectivity index (χ3n) is 4.64. The molecule has 2 rings (SSSR count). The maximum absolute atomic E-state index is 5.66. The lowest BCUT2D eigenvalue weighted by molar-refractivity contribution is 0.302. The van der Waals surface area contributed by atoms with Crippen LogP contribution in [0.3, 0.4) is 0 Å². The summed E-state index contributed by atoms with van der Waals surface area (Å²) in [6.45, 7) is 4.27. The van der Waals surface area contributed by atoms with E-state index in [0.717, 1.165) is 43.4 Å². The van der Waals surface area contributed by atoms with Gasteiger partial charge < -0.3 is 25.0 Å². The molecule has 1 heterocycles. The Morgan fingerprint density at radius 2 is 2.00 bits per heavy atom. The molecule has 8 heteroatoms. The monoisotopic (exact) mass is 546 g/mol. The van der Waals surface area contributed by atoms with Gasteiger partial charge in [-0.3, -0.25) is 4.99 Å². The number of nitrogens with one attached hydrogen (secondary N) is 2. The van der Waals surface area contributed by atoms with Gasteiger partial charge in [0.15, 0.2) is 17.5 Å². The molecule has 0 fully saturated rings. The average Bonchev–Trinajstić information content (AvgIpc) is 3.24. The van der Waals surface area contributed by atoms with Gasteiger partial charge in [-0.15, -0.1) is 35.3 Å². The Hall–Kier alpha value is -1.52. The van der Waals surface area contributed by atoms with E-state index >= 15 is 0 Å². The van der Waals surface area contributed by atoms with E-state index in [1.165, 1.54) is 10.4 Å². The molecule has 0 bridgehead atoms. The van der Waals surface area contributed by atoms with E-state index in [2.05, 4.69) is 64.3 Å². The zero-order valence-corrected chi connectivity index (χ0v) is 21.8. The quantitative estimate of drug-likeness (QED) is 0.192. The maximum Gasteiger partial charge on any atom is 0.191 e. The summed E-state index contributed by atoms with van der Waals surface area (Å²) in [5, 5.41) is 8.98. The highest BCUT2D eigenvalue weighted by Gasteiger charge is 2.15. The third kappa shape index (κ3) is 8.31. The average molecular weight is 547 g/mol. The van der Waals surface area contributed by atoms with Gasteiger partial charge in [-0.05, 0) is 63.0 Å². The maximum atomic E-state index is 5.66. The van der Waals surface area contributed by atoms with Gasteiger partial charge in [0.2, 0.25) is 0 Å². The number of rotatable bonds is 11. The molecule has 6 nitrogen and oxygen atoms in total. The van der Waals surface area contributed by atoms with Crippen LogP contribution < -0.4 is 20.1 Å². The Bertz CT molecular complexity index is 754. The molecule has 2 N–H and O–H groups in total. The van der Waals surface area contributed by atoms with Crippen LogP contribution >= 0.6 is 35.3 Å². The fourth-order valence-corrected chi connectivity index (χ4v) is 4.00. The van der Waals surface area contributed by atoms with E-state index in [-0.39, 0.29) is 24.0 Å². The molecule has 0 aliphatic carbocycles. The lowest BCUT2D eigenvalue weighted by Gasteiger charge is -2.24. The number of hydrogen-bond donors (Lipinski definition) is 2. The number of likely N-dealkylation sites (N-methyl/N-ethyl adjacent to an activating group) is 1. The number of aryl methyl sites for hydroxylation is 1. The zero-order valence-electron chi connectivity index (χ0n) is 18.6. The molecule has 1 aromatic heterocycles. The second-order valence-electron chi connectivity index (χ2n) is 6.90. The predicted molar refractivity (Wildman–Crippen MR) is 138 cm³/mol. The first kappa shape index (κ1) is 26.5. The van der Waals surface area contributed by atoms with Gasteiger partial charge in [-0.1, -0.05) is 12.1 Å². The predicted octanol–water partition coefficient (Wildman–Crippen LogP) is 4.17. The van der Waals surface area contributed by atoms with Crippen molar-refractivity contribution in [2.45, 2.75) is 25.8 Å². The Labute approximate surface area is 202 Å². The highest BCUT2D eigenvalue weighted by Crippen LogP contribution is 2.28. The summed E-state index contributed by atoms with van der Waals surface area (Å²) < 4.78 is 11.0. The van der Waals surface area contributed by atoms with Crippen molar-refractivity contribution < 1.29 is 9.47 Å². The minimum absolute atomic E-state index is 0. The molecule has 0 spiro atoms. The Morgan fingerprint density at radius 3 is 2.60 bits per heavy atom. The van der Waals surface area contributed by atoms with Gasteiger partial charge in [0, 0.05) is 25.0 Å². The van der Waals surface area contributed by atoms with Gasteiger partial charge in [0.1, 0.15) is 0 Å². The van der Waals surface area contributed by atoms with Crippen molar-refractivity contribution in [3.8, 4) is 11.5 Å². The molecule has 1 unspecified atom stereocenters. The number of guanidine groups is 1. The van der Waals surface area contributed by atoms with Crippen LogP contribution in [-0.2, 0) is 6.42 Å². The molecule has 30 heavy (non-hydrogen) atoms. The summed E-state index contributed by atoms with van der Waals surface area (Å²) in [5.41, 5.74) is 1.24. The van der Waals surface area contributed by atoms with Crippen LogP contribution in [0.25, 0.3) is 0 Å². The molecule has 0 aliphatic rings. The van der Waals surface area contributed by atoms with Crippen molar-refractivity contribution >= 4 is 41.3 Å². The Kier molecular flexibility index (Phi) is 12.8. The molecule has 0 aliphatic heterocycles. The molecule has 1 atom stereocenters. The minimum Gasteiger partial charge on any atom is -0.493 e. The van der Waals surface area contributed by atoms with Crippen molar-refractivity contribution in [3.63, 3.8) is 0 Å². The van der Waals surface area contributed by atoms with E-state index in [9.17, 15) is 0 Å². The normalized spacial score (nSPS) is 12.3. The Morgan fingerprint density at radius 1 is 1.20 bits per heavy atom. The number of thiophene rings is 1. The van der Waals surface area contributed by atoms with E-state index in [1.54, 1.807) is 18.4 Å². The first-order chi connectivity index (χ1) is 14.1. The van der Waals surface area contributed by atoms with Crippen LogP contribution in [0.5, 0.6) is 11.5 Å². The summed E-state index contributed by atoms with van der Waals surface area (Å²) in [6.07, 6.45) is 1.96. The van der Waals surface area contributed by atoms with E-state index in [1.807, 2.05) is 20.0 Å². The van der Waals surface area contributed by atoms with Crippen molar-refractivity contribution in [1.82, 2.24) is 15.5 Å². The summed E-state index contributed by atoms with van der Waals surface area (Å²) in [6, 6.07) is 10.7. The molecule has 0 amide bonds. The van der Waals surface area contributed by atoms with Gasteiger partial charge in [0.25, 0.3) is 0 Å². The second-order valence-corrected chi connectivity index (χ2v) is 7.88. The number of aliphatic imine (C=N–C) groups is 1. The number of hydrogen-bond acceptors (Lipinski definition) is 5. The number of methoxy groups -OCH3 is 1. The van der Waals surface area contributed by atoms with Crippen molar-refractivity contribution in [2.75, 3.05) is 47.9 Å². The fraction of sp³-hybridized carbons (Fsp3) is 0.500. The van der Waals surface area contributed by atoms with Crippen LogP contribution in [0.1, 0.15) is 29.8 Å². The first-order valence-corrected chi connectivity index (χ1v) is 10.9. The van der Waals surface area contributed by atoms with Crippen LogP contribution in [0.4, 0.5) is 0 Å². The molecule has 1 aromatic carbocycles. The minimum atomic E-state index is 0. The Balaban J connectivity index is 0.00000450. The summed E-state index contributed by atoms with van der Waals surface area (Å²) in [7, 11) is 7.68. The molecular weight excluding hydrogens is 511 g/mol. The van der Waals surface area contributed by atoms with Crippen molar-refractivity contribution in [3.05, 3.63) is 46.2 Å². The smallest absolute Gasteiger partial charge is 0.191 e. The number of halogens is 1. The van der Waals surface area contributed by atoms with Gasteiger partial charge in [-0.2, -0.15) is 0 Å². The number of benzene rings is 1. The molecule has 0 radical (unpaired) electrons. The van der Waals surface area contributed by atoms with Crippen molar-refractivity contribution in [2.24, 2.45) is 4.99 Å². The lowest BCUT2D eigenvalue weighted by atomic mass is 10.1. The molecular formula is C22H35IN4O2S.